The van der Waals surface area contributed by atoms with E-state index in [4.69, 9.17) is 5.73 Å². The zero-order chi connectivity index (χ0) is 12.5. The second kappa shape index (κ2) is 5.25. The van der Waals surface area contributed by atoms with E-state index in [9.17, 15) is 0 Å². The van der Waals surface area contributed by atoms with Gasteiger partial charge in [0.15, 0.2) is 0 Å². The minimum atomic E-state index is 0.277. The summed E-state index contributed by atoms with van der Waals surface area (Å²) in [6, 6.07) is 0.658. The lowest BCUT2D eigenvalue weighted by atomic mass is 9.90. The van der Waals surface area contributed by atoms with Gasteiger partial charge in [-0.2, -0.15) is 0 Å². The summed E-state index contributed by atoms with van der Waals surface area (Å²) < 4.78 is 0. The molecule has 17 heavy (non-hydrogen) atoms. The molecule has 0 spiro atoms. The van der Waals surface area contributed by atoms with Crippen molar-refractivity contribution in [1.82, 2.24) is 9.80 Å². The maximum Gasteiger partial charge on any atom is 0.0470 e. The molecule has 0 aliphatic carbocycles. The van der Waals surface area contributed by atoms with Crippen molar-refractivity contribution in [3.8, 4) is 0 Å². The average Bonchev–Trinajstić information content (AvgIpc) is 2.75. The normalized spacial score (nSPS) is 36.9. The van der Waals surface area contributed by atoms with E-state index in [0.29, 0.717) is 6.04 Å². The smallest absolute Gasteiger partial charge is 0.0470 e. The lowest BCUT2D eigenvalue weighted by Crippen LogP contribution is -2.58. The van der Waals surface area contributed by atoms with E-state index in [0.717, 1.165) is 12.5 Å². The summed E-state index contributed by atoms with van der Waals surface area (Å²) in [5.41, 5.74) is 6.42. The second-order valence-corrected chi connectivity index (χ2v) is 6.44. The molecule has 100 valence electrons. The Morgan fingerprint density at radius 1 is 1.35 bits per heavy atom. The van der Waals surface area contributed by atoms with Gasteiger partial charge in [0, 0.05) is 37.8 Å². The summed E-state index contributed by atoms with van der Waals surface area (Å²) in [6.07, 6.45) is 4.00. The molecule has 2 saturated heterocycles. The molecule has 0 radical (unpaired) electrons. The van der Waals surface area contributed by atoms with Gasteiger partial charge >= 0.3 is 0 Å². The molecule has 3 heteroatoms. The van der Waals surface area contributed by atoms with E-state index in [1.807, 2.05) is 0 Å². The first-order valence-corrected chi connectivity index (χ1v) is 7.26. The highest BCUT2D eigenvalue weighted by molar-refractivity contribution is 5.01. The molecule has 2 atom stereocenters. The zero-order valence-corrected chi connectivity index (χ0v) is 11.8. The van der Waals surface area contributed by atoms with E-state index in [1.54, 1.807) is 0 Å². The Morgan fingerprint density at radius 3 is 2.65 bits per heavy atom. The van der Waals surface area contributed by atoms with Gasteiger partial charge in [0.2, 0.25) is 0 Å². The molecule has 3 nitrogen and oxygen atoms in total. The van der Waals surface area contributed by atoms with Gasteiger partial charge in [-0.25, -0.2) is 0 Å². The highest BCUT2D eigenvalue weighted by Crippen LogP contribution is 2.32. The number of piperidine rings is 1. The van der Waals surface area contributed by atoms with Crippen molar-refractivity contribution in [2.45, 2.75) is 51.6 Å². The molecule has 0 bridgehead atoms. The fourth-order valence-corrected chi connectivity index (χ4v) is 3.50. The topological polar surface area (TPSA) is 32.5 Å². The Morgan fingerprint density at radius 2 is 2.12 bits per heavy atom. The van der Waals surface area contributed by atoms with Crippen molar-refractivity contribution in [1.29, 1.82) is 0 Å². The monoisotopic (exact) mass is 239 g/mol. The van der Waals surface area contributed by atoms with Crippen LogP contribution in [-0.4, -0.2) is 54.1 Å². The number of hydrogen-bond acceptors (Lipinski definition) is 3. The van der Waals surface area contributed by atoms with Crippen LogP contribution in [0.3, 0.4) is 0 Å². The highest BCUT2D eigenvalue weighted by Gasteiger charge is 2.43. The summed E-state index contributed by atoms with van der Waals surface area (Å²) in [4.78, 5) is 5.29. The number of nitrogens with two attached hydrogens (primary N) is 1. The van der Waals surface area contributed by atoms with Crippen LogP contribution in [0.4, 0.5) is 0 Å². The van der Waals surface area contributed by atoms with Crippen LogP contribution in [0.15, 0.2) is 0 Å². The maximum absolute atomic E-state index is 6.14. The van der Waals surface area contributed by atoms with Crippen LogP contribution in [0, 0.1) is 5.92 Å². The summed E-state index contributed by atoms with van der Waals surface area (Å²) in [5.74, 6) is 0.847. The Bertz CT molecular complexity index is 254. The molecule has 0 aromatic rings. The summed E-state index contributed by atoms with van der Waals surface area (Å²) in [5, 5.41) is 0. The van der Waals surface area contributed by atoms with Gasteiger partial charge in [0.1, 0.15) is 0 Å². The van der Waals surface area contributed by atoms with Gasteiger partial charge in [0.05, 0.1) is 0 Å². The van der Waals surface area contributed by atoms with E-state index in [-0.39, 0.29) is 5.54 Å². The molecule has 2 heterocycles. The maximum atomic E-state index is 6.14. The molecule has 0 saturated carbocycles. The Balaban J connectivity index is 2.04. The van der Waals surface area contributed by atoms with Crippen LogP contribution in [0.5, 0.6) is 0 Å². The molecule has 2 aliphatic heterocycles. The quantitative estimate of drug-likeness (QED) is 0.811. The Labute approximate surface area is 106 Å². The number of nitrogens with zero attached hydrogens (tertiary/aromatic N) is 2. The molecule has 0 amide bonds. The minimum Gasteiger partial charge on any atom is -0.329 e. The van der Waals surface area contributed by atoms with Gasteiger partial charge in [0.25, 0.3) is 0 Å². The largest absolute Gasteiger partial charge is 0.329 e. The molecule has 2 rings (SSSR count). The van der Waals surface area contributed by atoms with Crippen molar-refractivity contribution in [3.05, 3.63) is 0 Å². The predicted molar refractivity (Wildman–Crippen MR) is 73.1 cm³/mol. The first-order chi connectivity index (χ1) is 8.07. The summed E-state index contributed by atoms with van der Waals surface area (Å²) >= 11 is 0. The van der Waals surface area contributed by atoms with Crippen molar-refractivity contribution >= 4 is 0 Å². The molecule has 2 N–H and O–H groups in total. The summed E-state index contributed by atoms with van der Waals surface area (Å²) in [6.45, 7) is 12.7. The van der Waals surface area contributed by atoms with Gasteiger partial charge in [-0.1, -0.05) is 6.92 Å². The third kappa shape index (κ3) is 2.67. The van der Waals surface area contributed by atoms with Crippen LogP contribution in [0.1, 0.15) is 40.0 Å². The first-order valence-electron chi connectivity index (χ1n) is 7.26. The molecular formula is C14H29N3. The fourth-order valence-electron chi connectivity index (χ4n) is 3.50. The number of likely N-dealkylation sites (tertiary alicyclic amines) is 2. The first kappa shape index (κ1) is 13.3. The van der Waals surface area contributed by atoms with Gasteiger partial charge in [-0.05, 0) is 45.6 Å². The van der Waals surface area contributed by atoms with E-state index >= 15 is 0 Å². The lowest BCUT2D eigenvalue weighted by molar-refractivity contribution is 0.0539. The minimum absolute atomic E-state index is 0.277. The third-order valence-electron chi connectivity index (χ3n) is 4.80. The van der Waals surface area contributed by atoms with Gasteiger partial charge < -0.3 is 5.73 Å². The van der Waals surface area contributed by atoms with Crippen LogP contribution in [0.2, 0.25) is 0 Å². The standard InChI is InChI=1S/C14H29N3/c1-12(2)16-8-6-14(10-15,11-16)17-7-4-5-13(3)9-17/h12-13H,4-11,15H2,1-3H3. The molecule has 2 unspecified atom stereocenters. The molecular weight excluding hydrogens is 210 g/mol. The van der Waals surface area contributed by atoms with Crippen LogP contribution in [-0.2, 0) is 0 Å². The molecule has 0 aromatic carbocycles. The van der Waals surface area contributed by atoms with Crippen molar-refractivity contribution < 1.29 is 0 Å². The third-order valence-corrected chi connectivity index (χ3v) is 4.80. The average molecular weight is 239 g/mol. The van der Waals surface area contributed by atoms with E-state index in [2.05, 4.69) is 30.6 Å². The molecule has 0 aromatic heterocycles. The van der Waals surface area contributed by atoms with E-state index in [1.165, 1.54) is 45.4 Å². The second-order valence-electron chi connectivity index (χ2n) is 6.44. The fraction of sp³-hybridized carbons (Fsp3) is 1.00. The van der Waals surface area contributed by atoms with Crippen LogP contribution >= 0.6 is 0 Å². The number of rotatable bonds is 3. The Hall–Kier alpha value is -0.120. The number of hydrogen-bond donors (Lipinski definition) is 1. The predicted octanol–water partition coefficient (Wildman–Crippen LogP) is 1.53. The van der Waals surface area contributed by atoms with Gasteiger partial charge in [-0.15, -0.1) is 0 Å². The lowest BCUT2D eigenvalue weighted by Gasteiger charge is -2.45. The molecule has 2 fully saturated rings. The van der Waals surface area contributed by atoms with Gasteiger partial charge in [-0.3, -0.25) is 9.80 Å². The van der Waals surface area contributed by atoms with Crippen LogP contribution < -0.4 is 5.73 Å². The van der Waals surface area contributed by atoms with E-state index < -0.39 is 0 Å². The molecule has 2 aliphatic rings. The SMILES string of the molecule is CC1CCCN(C2(CN)CCN(C(C)C)C2)C1. The zero-order valence-electron chi connectivity index (χ0n) is 11.8. The van der Waals surface area contributed by atoms with Crippen molar-refractivity contribution in [2.75, 3.05) is 32.7 Å². The summed E-state index contributed by atoms with van der Waals surface area (Å²) in [7, 11) is 0. The highest BCUT2D eigenvalue weighted by atomic mass is 15.3. The van der Waals surface area contributed by atoms with Crippen LogP contribution in [0.25, 0.3) is 0 Å². The Kier molecular flexibility index (Phi) is 4.11. The van der Waals surface area contributed by atoms with Crippen molar-refractivity contribution in [2.24, 2.45) is 11.7 Å². The van der Waals surface area contributed by atoms with Crippen molar-refractivity contribution in [3.63, 3.8) is 0 Å².